The Balaban J connectivity index is 1.95. The normalized spacial score (nSPS) is 10.6. The molecule has 1 amide bonds. The Morgan fingerprint density at radius 1 is 1.00 bits per heavy atom. The Morgan fingerprint density at radius 3 is 2.48 bits per heavy atom. The van der Waals surface area contributed by atoms with Gasteiger partial charge in [0, 0.05) is 11.4 Å². The van der Waals surface area contributed by atoms with Gasteiger partial charge in [-0.15, -0.1) is 0 Å². The third-order valence-electron chi connectivity index (χ3n) is 3.51. The summed E-state index contributed by atoms with van der Waals surface area (Å²) >= 11 is 0. The Hall–Kier alpha value is -2.95. The number of aryl methyl sites for hydroxylation is 3. The van der Waals surface area contributed by atoms with Crippen LogP contribution in [0.4, 0.5) is 5.69 Å². The average Bonchev–Trinajstić information content (AvgIpc) is 2.86. The fourth-order valence-electron chi connectivity index (χ4n) is 2.49. The summed E-state index contributed by atoms with van der Waals surface area (Å²) in [5.41, 5.74) is 4.69. The van der Waals surface area contributed by atoms with Gasteiger partial charge in [0.25, 0.3) is 5.91 Å². The molecule has 1 N–H and O–H groups in total. The van der Waals surface area contributed by atoms with Crippen LogP contribution in [0, 0.1) is 20.8 Å². The van der Waals surface area contributed by atoms with Gasteiger partial charge in [0.2, 0.25) is 0 Å². The van der Waals surface area contributed by atoms with Crippen LogP contribution in [0.1, 0.15) is 27.6 Å². The van der Waals surface area contributed by atoms with Crippen LogP contribution in [0.2, 0.25) is 0 Å². The number of nitrogens with one attached hydrogen (secondary N) is 1. The van der Waals surface area contributed by atoms with Crippen molar-refractivity contribution in [1.82, 2.24) is 14.8 Å². The molecule has 0 spiro atoms. The number of amides is 1. The van der Waals surface area contributed by atoms with E-state index in [9.17, 15) is 4.79 Å². The van der Waals surface area contributed by atoms with Crippen molar-refractivity contribution < 1.29 is 4.79 Å². The van der Waals surface area contributed by atoms with Crippen LogP contribution in [0.3, 0.4) is 0 Å². The number of rotatable bonds is 3. The van der Waals surface area contributed by atoms with Crippen LogP contribution in [0.15, 0.2) is 48.5 Å². The summed E-state index contributed by atoms with van der Waals surface area (Å²) in [7, 11) is 0. The number of pyridine rings is 1. The van der Waals surface area contributed by atoms with E-state index in [0.717, 1.165) is 22.8 Å². The molecule has 0 atom stereocenters. The number of carbonyl (C=O) groups excluding carboxylic acids is 1. The number of anilines is 1. The van der Waals surface area contributed by atoms with Gasteiger partial charge >= 0.3 is 0 Å². The van der Waals surface area contributed by atoms with E-state index in [2.05, 4.69) is 15.4 Å². The number of para-hydroxylation sites is 2. The molecule has 1 aromatic carbocycles. The number of hydrogen-bond acceptors (Lipinski definition) is 3. The van der Waals surface area contributed by atoms with Gasteiger partial charge in [0.05, 0.1) is 17.1 Å². The second-order valence-corrected chi connectivity index (χ2v) is 5.47. The van der Waals surface area contributed by atoms with E-state index in [1.807, 2.05) is 67.9 Å². The SMILES string of the molecule is Cc1cccc(C(=O)Nc2ccccc2-n2nc(C)cc2C)n1. The minimum absolute atomic E-state index is 0.234. The van der Waals surface area contributed by atoms with Crippen LogP contribution in [-0.4, -0.2) is 20.7 Å². The molecule has 0 saturated heterocycles. The highest BCUT2D eigenvalue weighted by Crippen LogP contribution is 2.22. The zero-order chi connectivity index (χ0) is 16.4. The number of carbonyl (C=O) groups is 1. The molecule has 2 aromatic heterocycles. The van der Waals surface area contributed by atoms with Crippen molar-refractivity contribution in [2.75, 3.05) is 5.32 Å². The van der Waals surface area contributed by atoms with Crippen molar-refractivity contribution in [1.29, 1.82) is 0 Å². The maximum absolute atomic E-state index is 12.4. The predicted octanol–water partition coefficient (Wildman–Crippen LogP) is 3.44. The summed E-state index contributed by atoms with van der Waals surface area (Å²) in [5, 5.41) is 7.41. The first-order valence-corrected chi connectivity index (χ1v) is 7.42. The van der Waals surface area contributed by atoms with E-state index in [4.69, 9.17) is 0 Å². The summed E-state index contributed by atoms with van der Waals surface area (Å²) in [4.78, 5) is 16.7. The van der Waals surface area contributed by atoms with E-state index in [-0.39, 0.29) is 5.91 Å². The summed E-state index contributed by atoms with van der Waals surface area (Å²) in [6, 6.07) is 15.0. The highest BCUT2D eigenvalue weighted by atomic mass is 16.1. The van der Waals surface area contributed by atoms with E-state index in [1.165, 1.54) is 0 Å². The standard InChI is InChI=1S/C18H18N4O/c1-12-7-6-9-16(19-12)18(23)20-15-8-4-5-10-17(15)22-14(3)11-13(2)21-22/h4-11H,1-3H3,(H,20,23). The van der Waals surface area contributed by atoms with Gasteiger partial charge in [-0.2, -0.15) is 5.10 Å². The first-order chi connectivity index (χ1) is 11.0. The molecule has 0 fully saturated rings. The Labute approximate surface area is 135 Å². The van der Waals surface area contributed by atoms with Gasteiger partial charge in [0.1, 0.15) is 5.69 Å². The number of benzene rings is 1. The van der Waals surface area contributed by atoms with Gasteiger partial charge in [-0.1, -0.05) is 18.2 Å². The largest absolute Gasteiger partial charge is 0.319 e. The predicted molar refractivity (Wildman–Crippen MR) is 90.0 cm³/mol. The lowest BCUT2D eigenvalue weighted by molar-refractivity contribution is 0.102. The molecule has 23 heavy (non-hydrogen) atoms. The van der Waals surface area contributed by atoms with E-state index >= 15 is 0 Å². The van der Waals surface area contributed by atoms with Crippen LogP contribution < -0.4 is 5.32 Å². The molecule has 0 aliphatic carbocycles. The summed E-state index contributed by atoms with van der Waals surface area (Å²) < 4.78 is 1.83. The Morgan fingerprint density at radius 2 is 1.78 bits per heavy atom. The van der Waals surface area contributed by atoms with Gasteiger partial charge in [-0.25, -0.2) is 9.67 Å². The third kappa shape index (κ3) is 3.13. The molecule has 3 aromatic rings. The number of nitrogens with zero attached hydrogens (tertiary/aromatic N) is 3. The lowest BCUT2D eigenvalue weighted by Gasteiger charge is -2.12. The smallest absolute Gasteiger partial charge is 0.274 e. The number of hydrogen-bond donors (Lipinski definition) is 1. The van der Waals surface area contributed by atoms with Gasteiger partial charge in [-0.05, 0) is 51.1 Å². The first kappa shape index (κ1) is 15.0. The summed E-state index contributed by atoms with van der Waals surface area (Å²) in [5.74, 6) is -0.234. The van der Waals surface area contributed by atoms with Crippen LogP contribution in [0.25, 0.3) is 5.69 Å². The summed E-state index contributed by atoms with van der Waals surface area (Å²) in [6.07, 6.45) is 0. The molecule has 0 saturated carbocycles. The first-order valence-electron chi connectivity index (χ1n) is 7.42. The molecule has 0 aliphatic rings. The van der Waals surface area contributed by atoms with Gasteiger partial charge < -0.3 is 5.32 Å². The van der Waals surface area contributed by atoms with E-state index < -0.39 is 0 Å². The second-order valence-electron chi connectivity index (χ2n) is 5.47. The summed E-state index contributed by atoms with van der Waals surface area (Å²) in [6.45, 7) is 5.79. The van der Waals surface area contributed by atoms with Crippen molar-refractivity contribution in [3.05, 3.63) is 71.3 Å². The maximum atomic E-state index is 12.4. The minimum Gasteiger partial charge on any atom is -0.319 e. The fourth-order valence-corrected chi connectivity index (χ4v) is 2.49. The van der Waals surface area contributed by atoms with Crippen molar-refractivity contribution in [3.8, 4) is 5.69 Å². The molecule has 0 aliphatic heterocycles. The molecule has 116 valence electrons. The fraction of sp³-hybridized carbons (Fsp3) is 0.167. The highest BCUT2D eigenvalue weighted by Gasteiger charge is 2.13. The molecule has 5 nitrogen and oxygen atoms in total. The van der Waals surface area contributed by atoms with E-state index in [1.54, 1.807) is 6.07 Å². The minimum atomic E-state index is -0.234. The second kappa shape index (κ2) is 6.04. The van der Waals surface area contributed by atoms with Crippen molar-refractivity contribution in [2.24, 2.45) is 0 Å². The van der Waals surface area contributed by atoms with Crippen molar-refractivity contribution >= 4 is 11.6 Å². The zero-order valence-corrected chi connectivity index (χ0v) is 13.4. The molecular formula is C18H18N4O. The van der Waals surface area contributed by atoms with Gasteiger partial charge in [-0.3, -0.25) is 4.79 Å². The van der Waals surface area contributed by atoms with E-state index in [0.29, 0.717) is 11.4 Å². The molecule has 0 unspecified atom stereocenters. The highest BCUT2D eigenvalue weighted by molar-refractivity contribution is 6.03. The van der Waals surface area contributed by atoms with Crippen molar-refractivity contribution in [3.63, 3.8) is 0 Å². The molecule has 5 heteroatoms. The zero-order valence-electron chi connectivity index (χ0n) is 13.4. The van der Waals surface area contributed by atoms with Crippen LogP contribution >= 0.6 is 0 Å². The van der Waals surface area contributed by atoms with Crippen molar-refractivity contribution in [2.45, 2.75) is 20.8 Å². The Kier molecular flexibility index (Phi) is 3.93. The maximum Gasteiger partial charge on any atom is 0.274 e. The molecule has 2 heterocycles. The number of aromatic nitrogens is 3. The molecule has 3 rings (SSSR count). The Bertz CT molecular complexity index is 867. The molecule has 0 bridgehead atoms. The third-order valence-corrected chi connectivity index (χ3v) is 3.51. The van der Waals surface area contributed by atoms with Gasteiger partial charge in [0.15, 0.2) is 0 Å². The molecule has 0 radical (unpaired) electrons. The average molecular weight is 306 g/mol. The van der Waals surface area contributed by atoms with Crippen LogP contribution in [-0.2, 0) is 0 Å². The lowest BCUT2D eigenvalue weighted by Crippen LogP contribution is -2.16. The lowest BCUT2D eigenvalue weighted by atomic mass is 10.2. The monoisotopic (exact) mass is 306 g/mol. The quantitative estimate of drug-likeness (QED) is 0.806. The molecular weight excluding hydrogens is 288 g/mol. The topological polar surface area (TPSA) is 59.8 Å². The van der Waals surface area contributed by atoms with Crippen LogP contribution in [0.5, 0.6) is 0 Å².